The highest BCUT2D eigenvalue weighted by Crippen LogP contribution is 2.39. The van der Waals surface area contributed by atoms with Crippen molar-refractivity contribution < 1.29 is 0 Å². The zero-order valence-corrected chi connectivity index (χ0v) is 29.0. The van der Waals surface area contributed by atoms with Crippen LogP contribution in [0.4, 0.5) is 22.7 Å². The monoisotopic (exact) mass is 676 g/mol. The van der Waals surface area contributed by atoms with Gasteiger partial charge in [-0.2, -0.15) is 4.58 Å². The molecule has 0 N–H and O–H groups in total. The van der Waals surface area contributed by atoms with Gasteiger partial charge in [-0.05, 0) is 84.2 Å². The maximum atomic E-state index is 2.45. The lowest BCUT2D eigenvalue weighted by Crippen LogP contribution is -2.29. The van der Waals surface area contributed by atoms with Crippen LogP contribution in [0.25, 0.3) is 27.5 Å². The SMILES string of the molecule is C1=[N+](c2ccccc2)c2cc3c(cc2N(c2ccccc2)C1)=c1ccc(-n2c4ccccc4c4ccccc42)cc1=c1ccccc1=c1ccccc1=3. The van der Waals surface area contributed by atoms with E-state index >= 15 is 0 Å². The van der Waals surface area contributed by atoms with Crippen LogP contribution < -0.4 is 9.48 Å². The largest absolute Gasteiger partial charge is 0.326 e. The van der Waals surface area contributed by atoms with Crippen LogP contribution in [0.2, 0.25) is 0 Å². The molecule has 0 fully saturated rings. The molecule has 0 saturated heterocycles. The first-order valence-corrected chi connectivity index (χ1v) is 18.3. The van der Waals surface area contributed by atoms with E-state index in [4.69, 9.17) is 0 Å². The molecule has 1 aliphatic heterocycles. The molecule has 3 heteroatoms. The van der Waals surface area contributed by atoms with Gasteiger partial charge in [0, 0.05) is 40.3 Å². The first kappa shape index (κ1) is 29.7. The highest BCUT2D eigenvalue weighted by Gasteiger charge is 2.28. The van der Waals surface area contributed by atoms with E-state index in [1.165, 1.54) is 74.9 Å². The first-order chi connectivity index (χ1) is 26.3. The summed E-state index contributed by atoms with van der Waals surface area (Å²) in [4.78, 5) is 2.44. The average molecular weight is 677 g/mol. The molecule has 53 heavy (non-hydrogen) atoms. The van der Waals surface area contributed by atoms with E-state index in [9.17, 15) is 0 Å². The number of hydrogen-bond acceptors (Lipinski definition) is 1. The Labute approximate surface area is 305 Å². The van der Waals surface area contributed by atoms with Gasteiger partial charge in [-0.25, -0.2) is 0 Å². The molecule has 2 aliphatic rings. The summed E-state index contributed by atoms with van der Waals surface area (Å²) in [5, 5.41) is 12.4. The molecule has 0 amide bonds. The molecule has 0 radical (unpaired) electrons. The van der Waals surface area contributed by atoms with Crippen LogP contribution in [0, 0.1) is 41.7 Å². The number of anilines is 2. The molecule has 0 atom stereocenters. The molecule has 1 aliphatic carbocycles. The zero-order valence-electron chi connectivity index (χ0n) is 29.0. The Hall–Kier alpha value is -6.97. The fraction of sp³-hybridized carbons (Fsp3) is 0.0200. The van der Waals surface area contributed by atoms with Crippen molar-refractivity contribution in [1.82, 2.24) is 9.14 Å². The lowest BCUT2D eigenvalue weighted by Gasteiger charge is -2.27. The Kier molecular flexibility index (Phi) is 6.62. The minimum Gasteiger partial charge on any atom is -0.326 e. The normalized spacial score (nSPS) is 12.9. The van der Waals surface area contributed by atoms with Gasteiger partial charge in [0.05, 0.1) is 11.0 Å². The topological polar surface area (TPSA) is 11.2 Å². The van der Waals surface area contributed by atoms with Crippen molar-refractivity contribution in [2.45, 2.75) is 0 Å². The Morgan fingerprint density at radius 3 is 1.51 bits per heavy atom. The Morgan fingerprint density at radius 1 is 0.377 bits per heavy atom. The number of aromatic nitrogens is 1. The minimum atomic E-state index is 0.754. The number of para-hydroxylation sites is 4. The van der Waals surface area contributed by atoms with Gasteiger partial charge >= 0.3 is 0 Å². The summed E-state index contributed by atoms with van der Waals surface area (Å²) < 4.78 is 4.80. The fourth-order valence-corrected chi connectivity index (χ4v) is 8.71. The maximum absolute atomic E-state index is 2.45. The van der Waals surface area contributed by atoms with Crippen molar-refractivity contribution in [2.75, 3.05) is 11.4 Å². The Morgan fingerprint density at radius 2 is 0.868 bits per heavy atom. The number of hydrogen-bond donors (Lipinski definition) is 0. The van der Waals surface area contributed by atoms with Gasteiger partial charge in [-0.3, -0.25) is 0 Å². The highest BCUT2D eigenvalue weighted by atomic mass is 15.2. The molecule has 0 saturated carbocycles. The maximum Gasteiger partial charge on any atom is 0.235 e. The molecule has 0 spiro atoms. The molecule has 0 bridgehead atoms. The molecule has 11 rings (SSSR count). The summed E-state index contributed by atoms with van der Waals surface area (Å²) in [6.45, 7) is 0.754. The summed E-state index contributed by atoms with van der Waals surface area (Å²) in [5.74, 6) is 0. The molecule has 9 aromatic rings. The summed E-state index contributed by atoms with van der Waals surface area (Å²) in [6, 6.07) is 68.9. The Balaban J connectivity index is 1.35. The molecule has 1 aromatic heterocycles. The standard InChI is InChI=1S/C50H34N3/c1-3-15-34(16-4-1)51-29-30-52(35-17-5-2-6-18-35)50-33-46-41-28-27-36(53-47-25-13-11-23-42(47)43-24-12-14-26-48(43)53)31-44(41)39-21-9-7-19-37(39)38-20-8-10-22-40(38)45(46)32-49(50)51/h1-29,31-33H,30H2/q+1. The van der Waals surface area contributed by atoms with Gasteiger partial charge < -0.3 is 9.47 Å². The molecule has 248 valence electrons. The third-order valence-electron chi connectivity index (χ3n) is 11.1. The van der Waals surface area contributed by atoms with Crippen LogP contribution in [-0.4, -0.2) is 17.3 Å². The van der Waals surface area contributed by atoms with Gasteiger partial charge in [0.1, 0.15) is 12.2 Å². The van der Waals surface area contributed by atoms with E-state index in [1.807, 2.05) is 0 Å². The molecular formula is C50H34N3+. The van der Waals surface area contributed by atoms with Crippen molar-refractivity contribution in [3.05, 3.63) is 230 Å². The second-order valence-corrected chi connectivity index (χ2v) is 13.9. The van der Waals surface area contributed by atoms with Crippen molar-refractivity contribution in [2.24, 2.45) is 0 Å². The van der Waals surface area contributed by atoms with Crippen LogP contribution in [0.15, 0.2) is 188 Å². The number of benzene rings is 8. The van der Waals surface area contributed by atoms with E-state index in [2.05, 4.69) is 208 Å². The van der Waals surface area contributed by atoms with Gasteiger partial charge in [-0.15, -0.1) is 0 Å². The van der Waals surface area contributed by atoms with E-state index in [0.717, 1.165) is 23.6 Å². The predicted octanol–water partition coefficient (Wildman–Crippen LogP) is 11.3. The van der Waals surface area contributed by atoms with Crippen LogP contribution in [0.5, 0.6) is 0 Å². The van der Waals surface area contributed by atoms with Gasteiger partial charge in [0.25, 0.3) is 0 Å². The molecule has 0 unspecified atom stereocenters. The summed E-state index contributed by atoms with van der Waals surface area (Å²) >= 11 is 0. The number of fused-ring (bicyclic) bond motifs is 8. The molecule has 3 nitrogen and oxygen atoms in total. The van der Waals surface area contributed by atoms with Crippen molar-refractivity contribution in [3.8, 4) is 5.69 Å². The van der Waals surface area contributed by atoms with Crippen LogP contribution in [0.1, 0.15) is 0 Å². The van der Waals surface area contributed by atoms with Crippen molar-refractivity contribution >= 4 is 50.8 Å². The third-order valence-corrected chi connectivity index (χ3v) is 11.1. The smallest absolute Gasteiger partial charge is 0.235 e. The summed E-state index contributed by atoms with van der Waals surface area (Å²) in [5.41, 5.74) is 8.26. The van der Waals surface area contributed by atoms with Crippen molar-refractivity contribution in [3.63, 3.8) is 0 Å². The van der Waals surface area contributed by atoms with Crippen LogP contribution in [0.3, 0.4) is 0 Å². The average Bonchev–Trinajstić information content (AvgIpc) is 3.57. The fourth-order valence-electron chi connectivity index (χ4n) is 8.71. The number of nitrogens with zero attached hydrogens (tertiary/aromatic N) is 3. The quantitative estimate of drug-likeness (QED) is 0.170. The Bertz CT molecular complexity index is 3320. The lowest BCUT2D eigenvalue weighted by molar-refractivity contribution is 0.994. The van der Waals surface area contributed by atoms with E-state index in [-0.39, 0.29) is 0 Å². The van der Waals surface area contributed by atoms with Gasteiger partial charge in [-0.1, -0.05) is 127 Å². The zero-order chi connectivity index (χ0) is 34.9. The van der Waals surface area contributed by atoms with Crippen LogP contribution in [-0.2, 0) is 0 Å². The summed E-state index contributed by atoms with van der Waals surface area (Å²) in [7, 11) is 0. The highest BCUT2D eigenvalue weighted by molar-refractivity contribution is 6.09. The second-order valence-electron chi connectivity index (χ2n) is 13.9. The molecule has 2 heterocycles. The van der Waals surface area contributed by atoms with Crippen molar-refractivity contribution in [1.29, 1.82) is 0 Å². The van der Waals surface area contributed by atoms with Gasteiger partial charge in [0.2, 0.25) is 11.4 Å². The second kappa shape index (κ2) is 11.8. The third kappa shape index (κ3) is 4.57. The number of rotatable bonds is 3. The summed E-state index contributed by atoms with van der Waals surface area (Å²) in [6.07, 6.45) is 2.31. The van der Waals surface area contributed by atoms with Crippen LogP contribution >= 0.6 is 0 Å². The predicted molar refractivity (Wildman–Crippen MR) is 218 cm³/mol. The molecule has 8 aromatic carbocycles. The van der Waals surface area contributed by atoms with E-state index < -0.39 is 0 Å². The van der Waals surface area contributed by atoms with Gasteiger partial charge in [0.15, 0.2) is 6.21 Å². The lowest BCUT2D eigenvalue weighted by atomic mass is 9.99. The molecular weight excluding hydrogens is 643 g/mol. The minimum absolute atomic E-state index is 0.754. The van der Waals surface area contributed by atoms with E-state index in [1.54, 1.807) is 0 Å². The van der Waals surface area contributed by atoms with E-state index in [0.29, 0.717) is 0 Å². The first-order valence-electron chi connectivity index (χ1n) is 18.3.